The second-order valence-corrected chi connectivity index (χ2v) is 15.0. The molecule has 0 aliphatic rings. The van der Waals surface area contributed by atoms with Gasteiger partial charge in [0.05, 0.1) is 33.1 Å². The maximum atomic E-state index is 2.41. The van der Waals surface area contributed by atoms with Gasteiger partial charge < -0.3 is 13.7 Å². The van der Waals surface area contributed by atoms with Gasteiger partial charge in [-0.2, -0.15) is 0 Å². The van der Waals surface area contributed by atoms with Gasteiger partial charge in [-0.3, -0.25) is 0 Å². The van der Waals surface area contributed by atoms with Crippen molar-refractivity contribution in [2.75, 3.05) is 0 Å². The molecule has 3 heterocycles. The zero-order valence-corrected chi connectivity index (χ0v) is 31.0. The zero-order valence-electron chi connectivity index (χ0n) is 31.0. The average molecular weight is 726 g/mol. The third kappa shape index (κ3) is 4.86. The highest BCUT2D eigenvalue weighted by molar-refractivity contribution is 6.14. The van der Waals surface area contributed by atoms with Crippen molar-refractivity contribution in [3.63, 3.8) is 0 Å². The smallest absolute Gasteiger partial charge is 0.0547 e. The van der Waals surface area contributed by atoms with E-state index in [9.17, 15) is 0 Å². The fraction of sp³-hybridized carbons (Fsp3) is 0. The summed E-state index contributed by atoms with van der Waals surface area (Å²) >= 11 is 0. The second kappa shape index (κ2) is 12.5. The van der Waals surface area contributed by atoms with Crippen LogP contribution in [0.15, 0.2) is 212 Å². The maximum absolute atomic E-state index is 2.41. The van der Waals surface area contributed by atoms with Crippen LogP contribution in [0.1, 0.15) is 0 Å². The second-order valence-electron chi connectivity index (χ2n) is 15.0. The minimum Gasteiger partial charge on any atom is -0.309 e. The molecule has 266 valence electrons. The predicted molar refractivity (Wildman–Crippen MR) is 240 cm³/mol. The number of hydrogen-bond acceptors (Lipinski definition) is 0. The van der Waals surface area contributed by atoms with E-state index in [1.807, 2.05) is 0 Å². The van der Waals surface area contributed by atoms with Crippen LogP contribution in [0, 0.1) is 0 Å². The lowest BCUT2D eigenvalue weighted by molar-refractivity contribution is 1.18. The van der Waals surface area contributed by atoms with Crippen molar-refractivity contribution in [1.29, 1.82) is 0 Å². The lowest BCUT2D eigenvalue weighted by Crippen LogP contribution is -1.94. The van der Waals surface area contributed by atoms with Gasteiger partial charge in [-0.25, -0.2) is 0 Å². The molecular weight excluding hydrogens is 691 g/mol. The Balaban J connectivity index is 1.07. The fourth-order valence-corrected chi connectivity index (χ4v) is 9.25. The number of para-hydroxylation sites is 5. The zero-order chi connectivity index (χ0) is 37.5. The summed E-state index contributed by atoms with van der Waals surface area (Å²) in [6.07, 6.45) is 0. The van der Waals surface area contributed by atoms with E-state index in [0.29, 0.717) is 0 Å². The molecule has 0 N–H and O–H groups in total. The molecule has 57 heavy (non-hydrogen) atoms. The third-order valence-corrected chi connectivity index (χ3v) is 11.8. The molecule has 0 aliphatic heterocycles. The van der Waals surface area contributed by atoms with Crippen LogP contribution in [0.4, 0.5) is 0 Å². The number of benzene rings is 9. The first-order valence-corrected chi connectivity index (χ1v) is 19.6. The van der Waals surface area contributed by atoms with Crippen molar-refractivity contribution in [1.82, 2.24) is 13.7 Å². The summed E-state index contributed by atoms with van der Waals surface area (Å²) in [7, 11) is 0. The van der Waals surface area contributed by atoms with Crippen molar-refractivity contribution >= 4 is 65.4 Å². The van der Waals surface area contributed by atoms with Crippen LogP contribution in [-0.2, 0) is 0 Å². The Morgan fingerprint density at radius 3 is 0.912 bits per heavy atom. The average Bonchev–Trinajstić information content (AvgIpc) is 3.92. The summed E-state index contributed by atoms with van der Waals surface area (Å²) in [4.78, 5) is 0. The van der Waals surface area contributed by atoms with Gasteiger partial charge in [-0.1, -0.05) is 127 Å². The molecule has 0 amide bonds. The quantitative estimate of drug-likeness (QED) is 0.168. The lowest BCUT2D eigenvalue weighted by Gasteiger charge is -2.10. The number of nitrogens with zero attached hydrogens (tertiary/aromatic N) is 3. The Kier molecular flexibility index (Phi) is 6.93. The van der Waals surface area contributed by atoms with Crippen molar-refractivity contribution in [3.05, 3.63) is 212 Å². The van der Waals surface area contributed by atoms with Crippen LogP contribution in [-0.4, -0.2) is 13.7 Å². The number of fused-ring (bicyclic) bond motifs is 9. The fourth-order valence-electron chi connectivity index (χ4n) is 9.25. The number of hydrogen-bond donors (Lipinski definition) is 0. The molecule has 0 unspecified atom stereocenters. The van der Waals surface area contributed by atoms with E-state index in [0.717, 1.165) is 17.1 Å². The van der Waals surface area contributed by atoms with Gasteiger partial charge in [-0.15, -0.1) is 0 Å². The monoisotopic (exact) mass is 725 g/mol. The number of rotatable bonds is 5. The standard InChI is InChI=1S/C54H35N3/c1-4-14-40(15-5-1)55-51-30-26-36(38-24-28-45-43-20-10-12-22-49(43)56(53(45)34-38)41-16-6-2-7-17-41)32-47(51)48-33-37(27-31-52(48)55)39-25-29-46-44-21-11-13-23-50(44)57(54(46)35-39)42-18-8-3-9-19-42/h1-35H. The van der Waals surface area contributed by atoms with Gasteiger partial charge in [0.2, 0.25) is 0 Å². The van der Waals surface area contributed by atoms with Gasteiger partial charge in [-0.05, 0) is 107 Å². The van der Waals surface area contributed by atoms with E-state index in [1.165, 1.54) is 87.7 Å². The van der Waals surface area contributed by atoms with Crippen LogP contribution >= 0.6 is 0 Å². The largest absolute Gasteiger partial charge is 0.309 e. The summed E-state index contributed by atoms with van der Waals surface area (Å²) in [5.74, 6) is 0. The van der Waals surface area contributed by atoms with Crippen LogP contribution in [0.3, 0.4) is 0 Å². The molecule has 0 fully saturated rings. The van der Waals surface area contributed by atoms with Crippen LogP contribution in [0.25, 0.3) is 105 Å². The van der Waals surface area contributed by atoms with Gasteiger partial charge >= 0.3 is 0 Å². The highest BCUT2D eigenvalue weighted by Crippen LogP contribution is 2.41. The van der Waals surface area contributed by atoms with E-state index in [4.69, 9.17) is 0 Å². The Hall–Kier alpha value is -7.62. The SMILES string of the molecule is c1ccc(-n2c3ccc(-c4ccc5c6ccccc6n(-c6ccccc6)c5c4)cc3c3cc(-c4ccc5c6ccccc6n(-c6ccccc6)c5c4)ccc32)cc1. The Morgan fingerprint density at radius 1 is 0.193 bits per heavy atom. The van der Waals surface area contributed by atoms with E-state index >= 15 is 0 Å². The molecule has 9 aromatic carbocycles. The summed E-state index contributed by atoms with van der Waals surface area (Å²) in [6.45, 7) is 0. The molecule has 0 bridgehead atoms. The summed E-state index contributed by atoms with van der Waals surface area (Å²) in [5.41, 5.74) is 15.5. The Bertz CT molecular complexity index is 3280. The van der Waals surface area contributed by atoms with E-state index in [2.05, 4.69) is 226 Å². The van der Waals surface area contributed by atoms with E-state index in [1.54, 1.807) is 0 Å². The minimum absolute atomic E-state index is 1.15. The molecule has 0 aliphatic carbocycles. The van der Waals surface area contributed by atoms with Crippen LogP contribution in [0.5, 0.6) is 0 Å². The van der Waals surface area contributed by atoms with Crippen LogP contribution in [0.2, 0.25) is 0 Å². The van der Waals surface area contributed by atoms with Crippen molar-refractivity contribution < 1.29 is 0 Å². The Labute approximate surface area is 329 Å². The first-order valence-electron chi connectivity index (χ1n) is 19.6. The van der Waals surface area contributed by atoms with Crippen LogP contribution < -0.4 is 0 Å². The molecule has 3 heteroatoms. The molecule has 12 rings (SSSR count). The van der Waals surface area contributed by atoms with Crippen molar-refractivity contribution in [2.45, 2.75) is 0 Å². The maximum Gasteiger partial charge on any atom is 0.0547 e. The van der Waals surface area contributed by atoms with Crippen molar-refractivity contribution in [2.24, 2.45) is 0 Å². The van der Waals surface area contributed by atoms with Crippen molar-refractivity contribution in [3.8, 4) is 39.3 Å². The molecule has 3 nitrogen and oxygen atoms in total. The molecule has 0 saturated heterocycles. The molecule has 3 aromatic heterocycles. The third-order valence-electron chi connectivity index (χ3n) is 11.8. The Morgan fingerprint density at radius 2 is 0.491 bits per heavy atom. The summed E-state index contributed by atoms with van der Waals surface area (Å²) < 4.78 is 7.20. The minimum atomic E-state index is 1.15. The first-order chi connectivity index (χ1) is 28.3. The predicted octanol–water partition coefficient (Wildman–Crippen LogP) is 14.3. The molecule has 12 aromatic rings. The summed E-state index contributed by atoms with van der Waals surface area (Å²) in [6, 6.07) is 77.5. The highest BCUT2D eigenvalue weighted by Gasteiger charge is 2.18. The first kappa shape index (κ1) is 31.7. The molecule has 0 radical (unpaired) electrons. The van der Waals surface area contributed by atoms with Gasteiger partial charge in [0, 0.05) is 49.4 Å². The molecule has 0 saturated carbocycles. The van der Waals surface area contributed by atoms with Gasteiger partial charge in [0.1, 0.15) is 0 Å². The van der Waals surface area contributed by atoms with E-state index < -0.39 is 0 Å². The number of aromatic nitrogens is 3. The molecular formula is C54H35N3. The normalized spacial score (nSPS) is 11.9. The van der Waals surface area contributed by atoms with Gasteiger partial charge in [0.25, 0.3) is 0 Å². The highest BCUT2D eigenvalue weighted by atomic mass is 15.0. The molecule has 0 atom stereocenters. The summed E-state index contributed by atoms with van der Waals surface area (Å²) in [5, 5.41) is 7.51. The topological polar surface area (TPSA) is 14.8 Å². The van der Waals surface area contributed by atoms with E-state index in [-0.39, 0.29) is 0 Å². The van der Waals surface area contributed by atoms with Gasteiger partial charge in [0.15, 0.2) is 0 Å². The molecule has 0 spiro atoms. The lowest BCUT2D eigenvalue weighted by atomic mass is 9.99.